The monoisotopic (exact) mass is 506 g/mol. The quantitative estimate of drug-likeness (QED) is 0.479. The average molecular weight is 508 g/mol. The van der Waals surface area contributed by atoms with Gasteiger partial charge < -0.3 is 9.88 Å². The number of amides is 1. The lowest BCUT2D eigenvalue weighted by Crippen LogP contribution is -2.42. The van der Waals surface area contributed by atoms with Crippen molar-refractivity contribution < 1.29 is 30.8 Å². The molecule has 1 amide bonds. The van der Waals surface area contributed by atoms with E-state index in [1.807, 2.05) is 0 Å². The van der Waals surface area contributed by atoms with Gasteiger partial charge in [-0.15, -0.1) is 0 Å². The molecule has 28 heavy (non-hydrogen) atoms. The van der Waals surface area contributed by atoms with E-state index in [0.717, 1.165) is 22.9 Å². The van der Waals surface area contributed by atoms with Crippen LogP contribution in [0, 0.1) is 5.82 Å². The minimum atomic E-state index is -4.81. The average Bonchev–Trinajstić information content (AvgIpc) is 2.85. The van der Waals surface area contributed by atoms with Gasteiger partial charge in [-0.2, -0.15) is 17.9 Å². The van der Waals surface area contributed by atoms with E-state index < -0.39 is 43.9 Å². The Balaban J connectivity index is 2.34. The SMILES string of the molecule is C[C@@H](NS(=O)(=O)c1cn(C)c(C(=O)Nc2ccc(F)c(Br)n2)c1Cl)C(F)(F)F. The zero-order valence-corrected chi connectivity index (χ0v) is 17.3. The third kappa shape index (κ3) is 4.82. The first-order chi connectivity index (χ1) is 12.7. The number of nitrogens with zero attached hydrogens (tertiary/aromatic N) is 2. The van der Waals surface area contributed by atoms with Crippen molar-refractivity contribution in [2.45, 2.75) is 24.0 Å². The summed E-state index contributed by atoms with van der Waals surface area (Å²) >= 11 is 8.80. The number of carbonyl (C=O) groups excluding carboxylic acids is 1. The minimum absolute atomic E-state index is 0.0660. The normalized spacial score (nSPS) is 13.4. The number of pyridine rings is 1. The summed E-state index contributed by atoms with van der Waals surface area (Å²) in [4.78, 5) is 15.4. The van der Waals surface area contributed by atoms with E-state index in [1.165, 1.54) is 11.8 Å². The number of aromatic nitrogens is 2. The number of hydrogen-bond acceptors (Lipinski definition) is 4. The molecule has 2 heterocycles. The molecule has 2 aromatic heterocycles. The lowest BCUT2D eigenvalue weighted by atomic mass is 10.3. The van der Waals surface area contributed by atoms with Crippen LogP contribution in [0.25, 0.3) is 0 Å². The summed E-state index contributed by atoms with van der Waals surface area (Å²) in [5.41, 5.74) is -0.344. The molecule has 0 saturated carbocycles. The van der Waals surface area contributed by atoms with Crippen molar-refractivity contribution in [1.29, 1.82) is 0 Å². The molecule has 2 aromatic rings. The second-order valence-corrected chi connectivity index (χ2v) is 8.39. The van der Waals surface area contributed by atoms with Gasteiger partial charge in [0.25, 0.3) is 5.91 Å². The number of carbonyl (C=O) groups is 1. The van der Waals surface area contributed by atoms with Crippen LogP contribution in [0.3, 0.4) is 0 Å². The molecular weight excluding hydrogens is 496 g/mol. The Hall–Kier alpha value is -1.70. The predicted molar refractivity (Wildman–Crippen MR) is 96.1 cm³/mol. The van der Waals surface area contributed by atoms with Crippen LogP contribution in [0.4, 0.5) is 23.4 Å². The topological polar surface area (TPSA) is 93.1 Å². The largest absolute Gasteiger partial charge is 0.404 e. The summed E-state index contributed by atoms with van der Waals surface area (Å²) in [5, 5.41) is 1.71. The number of nitrogens with one attached hydrogen (secondary N) is 2. The standard InChI is InChI=1S/C14H12BrClF4N4O3S/c1-6(14(18,19)20)23-28(26,27)8-5-24(2)11(10(8)16)13(25)22-9-4-3-7(17)12(15)21-9/h3-6,23H,1-2H3,(H,21,22,25)/t6-/m1/s1. The van der Waals surface area contributed by atoms with E-state index in [2.05, 4.69) is 26.2 Å². The molecule has 2 rings (SSSR count). The molecule has 0 aromatic carbocycles. The summed E-state index contributed by atoms with van der Waals surface area (Å²) in [6.07, 6.45) is -3.91. The number of alkyl halides is 3. The molecule has 0 radical (unpaired) electrons. The molecule has 14 heteroatoms. The summed E-state index contributed by atoms with van der Waals surface area (Å²) in [5.74, 6) is -1.64. The van der Waals surface area contributed by atoms with Gasteiger partial charge in [-0.05, 0) is 35.0 Å². The van der Waals surface area contributed by atoms with Crippen molar-refractivity contribution in [2.75, 3.05) is 5.32 Å². The Morgan fingerprint density at radius 2 is 1.96 bits per heavy atom. The highest BCUT2D eigenvalue weighted by Crippen LogP contribution is 2.29. The van der Waals surface area contributed by atoms with Gasteiger partial charge in [0.1, 0.15) is 27.1 Å². The van der Waals surface area contributed by atoms with Gasteiger partial charge in [0, 0.05) is 13.2 Å². The van der Waals surface area contributed by atoms with E-state index in [9.17, 15) is 30.8 Å². The van der Waals surface area contributed by atoms with E-state index in [4.69, 9.17) is 11.6 Å². The fraction of sp³-hybridized carbons (Fsp3) is 0.286. The Bertz CT molecular complexity index is 1030. The molecule has 0 fully saturated rings. The molecule has 0 aliphatic rings. The maximum Gasteiger partial charge on any atom is 0.404 e. The van der Waals surface area contributed by atoms with Gasteiger partial charge in [0.15, 0.2) is 5.82 Å². The molecule has 154 valence electrons. The number of aryl methyl sites for hydroxylation is 1. The van der Waals surface area contributed by atoms with Gasteiger partial charge >= 0.3 is 6.18 Å². The highest BCUT2D eigenvalue weighted by molar-refractivity contribution is 9.10. The first-order valence-corrected chi connectivity index (χ1v) is 9.96. The van der Waals surface area contributed by atoms with Crippen LogP contribution in [0.5, 0.6) is 0 Å². The van der Waals surface area contributed by atoms with Gasteiger partial charge in [-0.1, -0.05) is 11.6 Å². The lowest BCUT2D eigenvalue weighted by Gasteiger charge is -2.16. The second kappa shape index (κ2) is 7.97. The van der Waals surface area contributed by atoms with Crippen molar-refractivity contribution in [3.8, 4) is 0 Å². The van der Waals surface area contributed by atoms with Crippen LogP contribution in [0.1, 0.15) is 17.4 Å². The van der Waals surface area contributed by atoms with Crippen LogP contribution in [-0.4, -0.2) is 36.1 Å². The Morgan fingerprint density at radius 1 is 1.36 bits per heavy atom. The van der Waals surface area contributed by atoms with Crippen LogP contribution < -0.4 is 10.0 Å². The number of hydrogen-bond donors (Lipinski definition) is 2. The molecule has 1 atom stereocenters. The summed E-state index contributed by atoms with van der Waals surface area (Å²) in [6, 6.07) is -0.191. The first-order valence-electron chi connectivity index (χ1n) is 7.31. The molecule has 2 N–H and O–H groups in total. The fourth-order valence-corrected chi connectivity index (χ4v) is 4.29. The van der Waals surface area contributed by atoms with E-state index in [-0.39, 0.29) is 16.1 Å². The van der Waals surface area contributed by atoms with E-state index in [1.54, 1.807) is 0 Å². The number of halogens is 6. The number of sulfonamides is 1. The Morgan fingerprint density at radius 3 is 2.50 bits per heavy atom. The zero-order valence-electron chi connectivity index (χ0n) is 14.1. The second-order valence-electron chi connectivity index (χ2n) is 5.57. The first kappa shape index (κ1) is 22.6. The Kier molecular flexibility index (Phi) is 6.43. The maximum atomic E-state index is 13.2. The van der Waals surface area contributed by atoms with Crippen molar-refractivity contribution in [3.05, 3.63) is 39.5 Å². The lowest BCUT2D eigenvalue weighted by molar-refractivity contribution is -0.147. The molecule has 0 spiro atoms. The molecule has 0 aliphatic heterocycles. The molecule has 7 nitrogen and oxygen atoms in total. The smallest absolute Gasteiger partial charge is 0.344 e. The van der Waals surface area contributed by atoms with Crippen molar-refractivity contribution in [3.63, 3.8) is 0 Å². The highest BCUT2D eigenvalue weighted by Gasteiger charge is 2.40. The number of anilines is 1. The minimum Gasteiger partial charge on any atom is -0.344 e. The highest BCUT2D eigenvalue weighted by atomic mass is 79.9. The summed E-state index contributed by atoms with van der Waals surface area (Å²) in [7, 11) is -3.39. The van der Waals surface area contributed by atoms with Gasteiger partial charge in [0.2, 0.25) is 10.0 Å². The van der Waals surface area contributed by atoms with Crippen LogP contribution >= 0.6 is 27.5 Å². The summed E-state index contributed by atoms with van der Waals surface area (Å²) in [6.45, 7) is 0.625. The van der Waals surface area contributed by atoms with Crippen LogP contribution in [-0.2, 0) is 17.1 Å². The molecule has 0 saturated heterocycles. The van der Waals surface area contributed by atoms with Crippen LogP contribution in [0.15, 0.2) is 27.8 Å². The van der Waals surface area contributed by atoms with Gasteiger partial charge in [-0.3, -0.25) is 4.79 Å². The number of rotatable bonds is 5. The molecule has 0 bridgehead atoms. The van der Waals surface area contributed by atoms with E-state index >= 15 is 0 Å². The van der Waals surface area contributed by atoms with E-state index in [0.29, 0.717) is 6.92 Å². The maximum absolute atomic E-state index is 13.2. The molecule has 0 unspecified atom stereocenters. The third-order valence-corrected chi connectivity index (χ3v) is 6.06. The zero-order chi connectivity index (χ0) is 21.4. The molecular formula is C14H12BrClF4N4O3S. The molecule has 0 aliphatic carbocycles. The predicted octanol–water partition coefficient (Wildman–Crippen LogP) is 3.46. The van der Waals surface area contributed by atoms with Gasteiger partial charge in [0.05, 0.1) is 5.02 Å². The third-order valence-electron chi connectivity index (χ3n) is 3.46. The van der Waals surface area contributed by atoms with Crippen LogP contribution in [0.2, 0.25) is 5.02 Å². The fourth-order valence-electron chi connectivity index (χ4n) is 2.04. The van der Waals surface area contributed by atoms with Gasteiger partial charge in [-0.25, -0.2) is 17.8 Å². The van der Waals surface area contributed by atoms with Crippen molar-refractivity contribution in [2.24, 2.45) is 7.05 Å². The summed E-state index contributed by atoms with van der Waals surface area (Å²) < 4.78 is 77.9. The Labute approximate surface area is 170 Å². The van der Waals surface area contributed by atoms with Crippen molar-refractivity contribution >= 4 is 49.3 Å². The van der Waals surface area contributed by atoms with Crippen molar-refractivity contribution in [1.82, 2.24) is 14.3 Å².